The zero-order chi connectivity index (χ0) is 14.0. The van der Waals surface area contributed by atoms with Crippen LogP contribution in [0.1, 0.15) is 32.9 Å². The second-order valence-electron chi connectivity index (χ2n) is 4.28. The molecular formula is C14H12FN3O. The van der Waals surface area contributed by atoms with Gasteiger partial charge in [0.2, 0.25) is 0 Å². The van der Waals surface area contributed by atoms with Crippen molar-refractivity contribution in [1.29, 1.82) is 5.26 Å². The number of aromatic nitrogens is 2. The Bertz CT molecular complexity index is 683. The van der Waals surface area contributed by atoms with Crippen molar-refractivity contribution in [2.75, 3.05) is 0 Å². The van der Waals surface area contributed by atoms with Crippen LogP contribution in [0.5, 0.6) is 0 Å². The molecule has 1 heterocycles. The molecule has 0 unspecified atom stereocenters. The molecule has 0 aliphatic carbocycles. The van der Waals surface area contributed by atoms with E-state index in [1.54, 1.807) is 30.7 Å². The maximum atomic E-state index is 13.8. The van der Waals surface area contributed by atoms with Gasteiger partial charge in [0.15, 0.2) is 6.29 Å². The third kappa shape index (κ3) is 2.38. The van der Waals surface area contributed by atoms with Crippen LogP contribution in [0.4, 0.5) is 4.39 Å². The molecule has 0 amide bonds. The van der Waals surface area contributed by atoms with Crippen molar-refractivity contribution < 1.29 is 9.18 Å². The Balaban J connectivity index is 2.37. The van der Waals surface area contributed by atoms with E-state index in [0.717, 1.165) is 6.29 Å². The van der Waals surface area contributed by atoms with Crippen LogP contribution in [0, 0.1) is 31.0 Å². The average molecular weight is 257 g/mol. The molecule has 0 aliphatic heterocycles. The molecule has 96 valence electrons. The molecule has 0 saturated carbocycles. The molecule has 0 bridgehead atoms. The molecule has 0 radical (unpaired) electrons. The van der Waals surface area contributed by atoms with Gasteiger partial charge in [0.1, 0.15) is 5.82 Å². The number of carbonyl (C=O) groups is 1. The highest BCUT2D eigenvalue weighted by atomic mass is 19.1. The Kier molecular flexibility index (Phi) is 3.43. The van der Waals surface area contributed by atoms with E-state index in [0.29, 0.717) is 22.5 Å². The lowest BCUT2D eigenvalue weighted by molar-refractivity contribution is 0.112. The fraction of sp³-hybridized carbons (Fsp3) is 0.214. The smallest absolute Gasteiger partial charge is 0.153 e. The Labute approximate surface area is 110 Å². The fourth-order valence-electron chi connectivity index (χ4n) is 1.94. The third-order valence-corrected chi connectivity index (χ3v) is 3.06. The second kappa shape index (κ2) is 5.02. The van der Waals surface area contributed by atoms with Gasteiger partial charge in [0.25, 0.3) is 0 Å². The molecular weight excluding hydrogens is 245 g/mol. The minimum absolute atomic E-state index is 0.234. The standard InChI is InChI=1S/C14H12FN3O/c1-9-13(8-19)10(2)18(17-9)7-12-4-3-11(6-16)5-14(12)15/h3-5,8H,7H2,1-2H3. The molecule has 19 heavy (non-hydrogen) atoms. The van der Waals surface area contributed by atoms with Crippen molar-refractivity contribution >= 4 is 6.29 Å². The molecule has 4 nitrogen and oxygen atoms in total. The summed E-state index contributed by atoms with van der Waals surface area (Å²) in [5.41, 5.74) is 2.58. The highest BCUT2D eigenvalue weighted by Crippen LogP contribution is 2.15. The van der Waals surface area contributed by atoms with Crippen molar-refractivity contribution in [3.63, 3.8) is 0 Å². The Morgan fingerprint density at radius 2 is 2.21 bits per heavy atom. The minimum atomic E-state index is -0.445. The number of benzene rings is 1. The van der Waals surface area contributed by atoms with E-state index in [2.05, 4.69) is 5.10 Å². The summed E-state index contributed by atoms with van der Waals surface area (Å²) < 4.78 is 15.4. The topological polar surface area (TPSA) is 58.7 Å². The molecule has 1 aromatic carbocycles. The molecule has 1 aromatic heterocycles. The van der Waals surface area contributed by atoms with Crippen LogP contribution >= 0.6 is 0 Å². The van der Waals surface area contributed by atoms with E-state index >= 15 is 0 Å². The average Bonchev–Trinajstić information content (AvgIpc) is 2.66. The molecule has 0 saturated heterocycles. The highest BCUT2D eigenvalue weighted by Gasteiger charge is 2.12. The van der Waals surface area contributed by atoms with Gasteiger partial charge in [-0.25, -0.2) is 4.39 Å². The minimum Gasteiger partial charge on any atom is -0.298 e. The lowest BCUT2D eigenvalue weighted by Gasteiger charge is -2.06. The first-order valence-corrected chi connectivity index (χ1v) is 5.74. The number of rotatable bonds is 3. The van der Waals surface area contributed by atoms with Crippen LogP contribution in [0.15, 0.2) is 18.2 Å². The van der Waals surface area contributed by atoms with Crippen LogP contribution in [-0.2, 0) is 6.54 Å². The van der Waals surface area contributed by atoms with Crippen LogP contribution in [-0.4, -0.2) is 16.1 Å². The summed E-state index contributed by atoms with van der Waals surface area (Å²) in [6.07, 6.45) is 0.753. The lowest BCUT2D eigenvalue weighted by Crippen LogP contribution is -2.06. The molecule has 2 aromatic rings. The van der Waals surface area contributed by atoms with Crippen molar-refractivity contribution in [2.24, 2.45) is 0 Å². The number of nitrogens with zero attached hydrogens (tertiary/aromatic N) is 3. The van der Waals surface area contributed by atoms with Crippen molar-refractivity contribution in [3.8, 4) is 6.07 Å². The van der Waals surface area contributed by atoms with Crippen LogP contribution in [0.25, 0.3) is 0 Å². The van der Waals surface area contributed by atoms with E-state index in [1.807, 2.05) is 6.07 Å². The van der Waals surface area contributed by atoms with Gasteiger partial charge < -0.3 is 0 Å². The van der Waals surface area contributed by atoms with Gasteiger partial charge in [0.05, 0.1) is 29.4 Å². The molecule has 0 aliphatic rings. The van der Waals surface area contributed by atoms with Crippen LogP contribution in [0.3, 0.4) is 0 Å². The van der Waals surface area contributed by atoms with Gasteiger partial charge >= 0.3 is 0 Å². The van der Waals surface area contributed by atoms with E-state index in [4.69, 9.17) is 5.26 Å². The molecule has 0 N–H and O–H groups in total. The lowest BCUT2D eigenvalue weighted by atomic mass is 10.1. The number of nitriles is 1. The molecule has 0 spiro atoms. The van der Waals surface area contributed by atoms with E-state index < -0.39 is 5.82 Å². The van der Waals surface area contributed by atoms with Crippen LogP contribution < -0.4 is 0 Å². The number of halogens is 1. The van der Waals surface area contributed by atoms with Crippen molar-refractivity contribution in [1.82, 2.24) is 9.78 Å². The van der Waals surface area contributed by atoms with Gasteiger partial charge in [-0.05, 0) is 26.0 Å². The van der Waals surface area contributed by atoms with Gasteiger partial charge in [-0.1, -0.05) is 6.07 Å². The number of carbonyl (C=O) groups excluding carboxylic acids is 1. The summed E-state index contributed by atoms with van der Waals surface area (Å²) in [6, 6.07) is 6.20. The quantitative estimate of drug-likeness (QED) is 0.793. The molecule has 0 fully saturated rings. The summed E-state index contributed by atoms with van der Waals surface area (Å²) in [5.74, 6) is -0.445. The zero-order valence-electron chi connectivity index (χ0n) is 10.6. The first-order valence-electron chi connectivity index (χ1n) is 5.74. The summed E-state index contributed by atoms with van der Waals surface area (Å²) in [6.45, 7) is 3.74. The predicted molar refractivity (Wildman–Crippen MR) is 67.3 cm³/mol. The predicted octanol–water partition coefficient (Wildman–Crippen LogP) is 2.37. The van der Waals surface area contributed by atoms with Gasteiger partial charge in [0, 0.05) is 11.3 Å². The Hall–Kier alpha value is -2.48. The van der Waals surface area contributed by atoms with E-state index in [9.17, 15) is 9.18 Å². The first kappa shape index (κ1) is 13.0. The summed E-state index contributed by atoms with van der Waals surface area (Å²) in [4.78, 5) is 10.9. The maximum Gasteiger partial charge on any atom is 0.153 e. The summed E-state index contributed by atoms with van der Waals surface area (Å²) >= 11 is 0. The maximum absolute atomic E-state index is 13.8. The van der Waals surface area contributed by atoms with Crippen molar-refractivity contribution in [3.05, 3.63) is 52.1 Å². The molecule has 5 heteroatoms. The molecule has 0 atom stereocenters. The molecule has 2 rings (SSSR count). The number of hydrogen-bond acceptors (Lipinski definition) is 3. The second-order valence-corrected chi connectivity index (χ2v) is 4.28. The SMILES string of the molecule is Cc1nn(Cc2ccc(C#N)cc2F)c(C)c1C=O. The number of hydrogen-bond donors (Lipinski definition) is 0. The third-order valence-electron chi connectivity index (χ3n) is 3.06. The summed E-state index contributed by atoms with van der Waals surface area (Å²) in [7, 11) is 0. The first-order chi connectivity index (χ1) is 9.06. The van der Waals surface area contributed by atoms with E-state index in [-0.39, 0.29) is 12.1 Å². The number of aldehydes is 1. The number of aryl methyl sites for hydroxylation is 1. The Morgan fingerprint density at radius 3 is 2.74 bits per heavy atom. The van der Waals surface area contributed by atoms with Gasteiger partial charge in [-0.15, -0.1) is 0 Å². The zero-order valence-corrected chi connectivity index (χ0v) is 10.6. The highest BCUT2D eigenvalue weighted by molar-refractivity contribution is 5.78. The monoisotopic (exact) mass is 257 g/mol. The van der Waals surface area contributed by atoms with Crippen molar-refractivity contribution in [2.45, 2.75) is 20.4 Å². The normalized spacial score (nSPS) is 10.2. The van der Waals surface area contributed by atoms with Gasteiger partial charge in [-0.3, -0.25) is 9.48 Å². The van der Waals surface area contributed by atoms with Crippen LogP contribution in [0.2, 0.25) is 0 Å². The fourth-order valence-corrected chi connectivity index (χ4v) is 1.94. The largest absolute Gasteiger partial charge is 0.298 e. The Morgan fingerprint density at radius 1 is 1.47 bits per heavy atom. The van der Waals surface area contributed by atoms with Gasteiger partial charge in [-0.2, -0.15) is 10.4 Å². The summed E-state index contributed by atoms with van der Waals surface area (Å²) in [5, 5.41) is 12.9. The van der Waals surface area contributed by atoms with E-state index in [1.165, 1.54) is 6.07 Å².